The van der Waals surface area contributed by atoms with Crippen LogP contribution in [0, 0.1) is 13.8 Å². The van der Waals surface area contributed by atoms with Crippen molar-refractivity contribution in [1.29, 1.82) is 0 Å². The molecular formula is C21H21N3O2. The maximum absolute atomic E-state index is 12.5. The molecule has 26 heavy (non-hydrogen) atoms. The first kappa shape index (κ1) is 16.5. The summed E-state index contributed by atoms with van der Waals surface area (Å²) in [4.78, 5) is 12.5. The first-order chi connectivity index (χ1) is 12.6. The van der Waals surface area contributed by atoms with Gasteiger partial charge < -0.3 is 4.42 Å². The lowest BCUT2D eigenvalue weighted by atomic mass is 9.90. The molecule has 4 rings (SSSR count). The Kier molecular flexibility index (Phi) is 4.29. The Morgan fingerprint density at radius 3 is 2.65 bits per heavy atom. The van der Waals surface area contributed by atoms with Gasteiger partial charge in [0.15, 0.2) is 0 Å². The molecule has 5 nitrogen and oxygen atoms in total. The highest BCUT2D eigenvalue weighted by Gasteiger charge is 2.16. The highest BCUT2D eigenvalue weighted by molar-refractivity contribution is 6.03. The van der Waals surface area contributed by atoms with Crippen LogP contribution in [0.4, 0.5) is 6.01 Å². The first-order valence-corrected chi connectivity index (χ1v) is 8.94. The van der Waals surface area contributed by atoms with E-state index in [0.29, 0.717) is 11.5 Å². The molecule has 1 aromatic heterocycles. The number of fused-ring (bicyclic) bond motifs is 1. The Morgan fingerprint density at radius 2 is 1.81 bits per heavy atom. The number of hydrogen-bond donors (Lipinski definition) is 1. The lowest BCUT2D eigenvalue weighted by Gasteiger charge is -2.16. The molecule has 1 aliphatic rings. The molecule has 0 bridgehead atoms. The van der Waals surface area contributed by atoms with Gasteiger partial charge in [-0.1, -0.05) is 28.9 Å². The van der Waals surface area contributed by atoms with Crippen molar-refractivity contribution in [1.82, 2.24) is 10.2 Å². The predicted molar refractivity (Wildman–Crippen MR) is 100 cm³/mol. The fourth-order valence-corrected chi connectivity index (χ4v) is 3.39. The van der Waals surface area contributed by atoms with E-state index in [1.807, 2.05) is 44.2 Å². The SMILES string of the molecule is Cc1ccc(C)c(-c2nnc(NC(=O)c3ccc4c(c3)CCCC4)o2)c1. The lowest BCUT2D eigenvalue weighted by molar-refractivity contribution is 0.102. The molecule has 0 saturated carbocycles. The molecule has 0 spiro atoms. The number of hydrogen-bond acceptors (Lipinski definition) is 4. The first-order valence-electron chi connectivity index (χ1n) is 8.94. The van der Waals surface area contributed by atoms with E-state index in [9.17, 15) is 4.79 Å². The molecule has 132 valence electrons. The maximum Gasteiger partial charge on any atom is 0.322 e. The summed E-state index contributed by atoms with van der Waals surface area (Å²) in [7, 11) is 0. The van der Waals surface area contributed by atoms with Crippen LogP contribution < -0.4 is 5.32 Å². The van der Waals surface area contributed by atoms with Crippen LogP contribution in [-0.2, 0) is 12.8 Å². The monoisotopic (exact) mass is 347 g/mol. The van der Waals surface area contributed by atoms with Crippen LogP contribution in [0.5, 0.6) is 0 Å². The van der Waals surface area contributed by atoms with Crippen LogP contribution in [0.2, 0.25) is 0 Å². The molecule has 0 aliphatic heterocycles. The van der Waals surface area contributed by atoms with Crippen molar-refractivity contribution >= 4 is 11.9 Å². The van der Waals surface area contributed by atoms with Gasteiger partial charge >= 0.3 is 6.01 Å². The van der Waals surface area contributed by atoms with Gasteiger partial charge in [0.1, 0.15) is 0 Å². The Labute approximate surface area is 152 Å². The van der Waals surface area contributed by atoms with Gasteiger partial charge in [-0.25, -0.2) is 0 Å². The maximum atomic E-state index is 12.5. The molecule has 0 atom stereocenters. The van der Waals surface area contributed by atoms with E-state index in [0.717, 1.165) is 29.5 Å². The van der Waals surface area contributed by atoms with Crippen LogP contribution in [0.15, 0.2) is 40.8 Å². The quantitative estimate of drug-likeness (QED) is 0.758. The van der Waals surface area contributed by atoms with E-state index < -0.39 is 0 Å². The smallest absolute Gasteiger partial charge is 0.322 e. The summed E-state index contributed by atoms with van der Waals surface area (Å²) in [5, 5.41) is 10.8. The largest absolute Gasteiger partial charge is 0.403 e. The van der Waals surface area contributed by atoms with Gasteiger partial charge in [0.05, 0.1) is 0 Å². The fourth-order valence-electron chi connectivity index (χ4n) is 3.39. The third kappa shape index (κ3) is 3.25. The molecule has 1 aliphatic carbocycles. The van der Waals surface area contributed by atoms with Crippen LogP contribution in [0.25, 0.3) is 11.5 Å². The number of carbonyl (C=O) groups is 1. The summed E-state index contributed by atoms with van der Waals surface area (Å²) in [5.41, 5.74) is 6.28. The number of anilines is 1. The van der Waals surface area contributed by atoms with Crippen molar-refractivity contribution in [2.75, 3.05) is 5.32 Å². The molecule has 0 saturated heterocycles. The van der Waals surface area contributed by atoms with E-state index in [2.05, 4.69) is 21.6 Å². The zero-order valence-corrected chi connectivity index (χ0v) is 15.0. The van der Waals surface area contributed by atoms with Crippen molar-refractivity contribution in [2.45, 2.75) is 39.5 Å². The second-order valence-electron chi connectivity index (χ2n) is 6.88. The summed E-state index contributed by atoms with van der Waals surface area (Å²) in [6.45, 7) is 4.00. The number of amides is 1. The van der Waals surface area contributed by atoms with E-state index in [1.165, 1.54) is 24.0 Å². The van der Waals surface area contributed by atoms with Crippen molar-refractivity contribution in [3.05, 3.63) is 64.2 Å². The average molecular weight is 347 g/mol. The number of benzene rings is 2. The second-order valence-corrected chi connectivity index (χ2v) is 6.88. The summed E-state index contributed by atoms with van der Waals surface area (Å²) in [6, 6.07) is 12.1. The standard InChI is InChI=1S/C21H21N3O2/c1-13-7-8-14(2)18(11-13)20-23-24-21(26-20)22-19(25)17-10-9-15-5-3-4-6-16(15)12-17/h7-12H,3-6H2,1-2H3,(H,22,24,25). The van der Waals surface area contributed by atoms with Crippen molar-refractivity contribution in [2.24, 2.45) is 0 Å². The van der Waals surface area contributed by atoms with Crippen LogP contribution in [0.1, 0.15) is 45.5 Å². The van der Waals surface area contributed by atoms with Crippen molar-refractivity contribution < 1.29 is 9.21 Å². The molecule has 1 N–H and O–H groups in total. The van der Waals surface area contributed by atoms with Crippen LogP contribution >= 0.6 is 0 Å². The Balaban J connectivity index is 1.54. The van der Waals surface area contributed by atoms with E-state index in [-0.39, 0.29) is 11.9 Å². The molecule has 5 heteroatoms. The third-order valence-electron chi connectivity index (χ3n) is 4.88. The van der Waals surface area contributed by atoms with E-state index in [1.54, 1.807) is 0 Å². The van der Waals surface area contributed by atoms with Gasteiger partial charge in [-0.15, -0.1) is 5.10 Å². The fraction of sp³-hybridized carbons (Fsp3) is 0.286. The predicted octanol–water partition coefficient (Wildman–Crippen LogP) is 4.48. The molecule has 0 fully saturated rings. The number of aryl methyl sites for hydroxylation is 4. The molecule has 0 radical (unpaired) electrons. The highest BCUT2D eigenvalue weighted by Crippen LogP contribution is 2.25. The summed E-state index contributed by atoms with van der Waals surface area (Å²) in [6.07, 6.45) is 4.54. The van der Waals surface area contributed by atoms with Gasteiger partial charge in [-0.05, 0) is 74.4 Å². The molecule has 1 amide bonds. The average Bonchev–Trinajstić information content (AvgIpc) is 3.11. The molecule has 0 unspecified atom stereocenters. The number of nitrogens with one attached hydrogen (secondary N) is 1. The molecular weight excluding hydrogens is 326 g/mol. The molecule has 3 aromatic rings. The normalized spacial score (nSPS) is 13.3. The van der Waals surface area contributed by atoms with Crippen molar-refractivity contribution in [3.63, 3.8) is 0 Å². The highest BCUT2D eigenvalue weighted by atomic mass is 16.4. The van der Waals surface area contributed by atoms with E-state index >= 15 is 0 Å². The van der Waals surface area contributed by atoms with Gasteiger partial charge in [0.2, 0.25) is 5.89 Å². The number of carbonyl (C=O) groups excluding carboxylic acids is 1. The summed E-state index contributed by atoms with van der Waals surface area (Å²) < 4.78 is 5.66. The Bertz CT molecular complexity index is 975. The lowest BCUT2D eigenvalue weighted by Crippen LogP contribution is -2.13. The number of aromatic nitrogens is 2. The topological polar surface area (TPSA) is 68.0 Å². The summed E-state index contributed by atoms with van der Waals surface area (Å²) >= 11 is 0. The zero-order chi connectivity index (χ0) is 18.1. The molecule has 2 aromatic carbocycles. The van der Waals surface area contributed by atoms with Crippen LogP contribution in [-0.4, -0.2) is 16.1 Å². The minimum atomic E-state index is -0.227. The van der Waals surface area contributed by atoms with Gasteiger partial charge in [0, 0.05) is 11.1 Å². The second kappa shape index (κ2) is 6.75. The number of rotatable bonds is 3. The van der Waals surface area contributed by atoms with Gasteiger partial charge in [-0.2, -0.15) is 0 Å². The minimum Gasteiger partial charge on any atom is -0.403 e. The number of nitrogens with zero attached hydrogens (tertiary/aromatic N) is 2. The van der Waals surface area contributed by atoms with Crippen molar-refractivity contribution in [3.8, 4) is 11.5 Å². The van der Waals surface area contributed by atoms with Gasteiger partial charge in [-0.3, -0.25) is 10.1 Å². The van der Waals surface area contributed by atoms with Crippen LogP contribution in [0.3, 0.4) is 0 Å². The zero-order valence-electron chi connectivity index (χ0n) is 15.0. The summed E-state index contributed by atoms with van der Waals surface area (Å²) in [5.74, 6) is 0.182. The Morgan fingerprint density at radius 1 is 1.00 bits per heavy atom. The van der Waals surface area contributed by atoms with E-state index in [4.69, 9.17) is 4.42 Å². The molecule has 1 heterocycles. The van der Waals surface area contributed by atoms with Gasteiger partial charge in [0.25, 0.3) is 5.91 Å². The minimum absolute atomic E-state index is 0.114. The Hall–Kier alpha value is -2.95. The third-order valence-corrected chi connectivity index (χ3v) is 4.88.